The highest BCUT2D eigenvalue weighted by molar-refractivity contribution is 6.27. The van der Waals surface area contributed by atoms with Crippen molar-refractivity contribution < 1.29 is 14.0 Å². The number of rotatable bonds is 5. The molecule has 1 rings (SSSR count). The van der Waals surface area contributed by atoms with Gasteiger partial charge in [-0.3, -0.25) is 14.5 Å². The van der Waals surface area contributed by atoms with Gasteiger partial charge in [0.25, 0.3) is 11.8 Å². The number of hydrogen-bond donors (Lipinski definition) is 0. The summed E-state index contributed by atoms with van der Waals surface area (Å²) in [6.07, 6.45) is 3.43. The lowest BCUT2D eigenvalue weighted by Gasteiger charge is -2.19. The third kappa shape index (κ3) is 4.28. The molecule has 16 heavy (non-hydrogen) atoms. The Balaban J connectivity index is 2.13. The topological polar surface area (TPSA) is 46.6 Å². The molecule has 4 nitrogen and oxygen atoms in total. The third-order valence-electron chi connectivity index (χ3n) is 1.94. The van der Waals surface area contributed by atoms with E-state index < -0.39 is 0 Å². The van der Waals surface area contributed by atoms with Gasteiger partial charge in [0.2, 0.25) is 9.76 Å². The van der Waals surface area contributed by atoms with Crippen LogP contribution in [-0.4, -0.2) is 38.6 Å². The number of imide groups is 1. The Bertz CT molecular complexity index is 289. The Morgan fingerprint density at radius 3 is 2.31 bits per heavy atom. The summed E-state index contributed by atoms with van der Waals surface area (Å²) < 4.78 is 5.57. The maximum absolute atomic E-state index is 11.2. The molecule has 2 amide bonds. The van der Waals surface area contributed by atoms with Crippen molar-refractivity contribution in [3.8, 4) is 0 Å². The Hall–Kier alpha value is -0.943. The van der Waals surface area contributed by atoms with Gasteiger partial charge in [-0.25, -0.2) is 0 Å². The van der Waals surface area contributed by atoms with E-state index in [1.54, 1.807) is 0 Å². The van der Waals surface area contributed by atoms with Gasteiger partial charge in [-0.15, -0.1) is 0 Å². The second-order valence-corrected chi connectivity index (χ2v) is 5.62. The van der Waals surface area contributed by atoms with Crippen molar-refractivity contribution in [1.29, 1.82) is 0 Å². The van der Waals surface area contributed by atoms with Gasteiger partial charge in [0.15, 0.2) is 0 Å². The van der Waals surface area contributed by atoms with Crippen molar-refractivity contribution in [2.24, 2.45) is 0 Å². The molecule has 1 aliphatic rings. The van der Waals surface area contributed by atoms with Crippen LogP contribution in [0.2, 0.25) is 6.04 Å². The SMILES string of the molecule is CC(C)(C)O[Si]CCCN1C(=O)C=CC1=O. The van der Waals surface area contributed by atoms with E-state index in [1.807, 2.05) is 20.8 Å². The summed E-state index contributed by atoms with van der Waals surface area (Å²) in [5.74, 6) is -0.407. The average Bonchev–Trinajstić information content (AvgIpc) is 2.46. The van der Waals surface area contributed by atoms with Crippen LogP contribution in [0.25, 0.3) is 0 Å². The van der Waals surface area contributed by atoms with E-state index in [1.165, 1.54) is 17.1 Å². The molecule has 0 aromatic rings. The molecule has 88 valence electrons. The van der Waals surface area contributed by atoms with Gasteiger partial charge in [-0.1, -0.05) is 0 Å². The highest BCUT2D eigenvalue weighted by Crippen LogP contribution is 2.08. The van der Waals surface area contributed by atoms with Crippen LogP contribution in [-0.2, 0) is 14.0 Å². The van der Waals surface area contributed by atoms with Crippen molar-refractivity contribution in [3.05, 3.63) is 12.2 Å². The van der Waals surface area contributed by atoms with E-state index in [4.69, 9.17) is 4.43 Å². The largest absolute Gasteiger partial charge is 0.413 e. The van der Waals surface area contributed by atoms with Crippen LogP contribution < -0.4 is 0 Å². The number of nitrogens with zero attached hydrogens (tertiary/aromatic N) is 1. The standard InChI is InChI=1S/C11H17NO3Si/c1-11(2,3)15-16-8-4-7-12-9(13)5-6-10(12)14/h5-6H,4,7-8H2,1-3H3. The molecule has 0 atom stereocenters. The van der Waals surface area contributed by atoms with E-state index in [9.17, 15) is 9.59 Å². The molecule has 1 heterocycles. The van der Waals surface area contributed by atoms with Gasteiger partial charge in [0.05, 0.1) is 0 Å². The minimum absolute atomic E-state index is 0.112. The van der Waals surface area contributed by atoms with Crippen LogP contribution in [0.5, 0.6) is 0 Å². The van der Waals surface area contributed by atoms with Gasteiger partial charge < -0.3 is 4.43 Å². The molecule has 1 aliphatic heterocycles. The highest BCUT2D eigenvalue weighted by Gasteiger charge is 2.22. The Morgan fingerprint density at radius 2 is 1.81 bits per heavy atom. The minimum Gasteiger partial charge on any atom is -0.413 e. The van der Waals surface area contributed by atoms with E-state index >= 15 is 0 Å². The maximum atomic E-state index is 11.2. The zero-order valence-corrected chi connectivity index (χ0v) is 10.9. The minimum atomic E-state index is -0.204. The summed E-state index contributed by atoms with van der Waals surface area (Å²) in [6, 6.07) is 0.883. The number of amides is 2. The first-order chi connectivity index (χ1) is 7.40. The summed E-state index contributed by atoms with van der Waals surface area (Å²) in [5, 5.41) is 0. The molecule has 0 fully saturated rings. The first-order valence-electron chi connectivity index (χ1n) is 5.34. The van der Waals surface area contributed by atoms with Crippen molar-refractivity contribution in [2.45, 2.75) is 38.8 Å². The molecule has 0 bridgehead atoms. The van der Waals surface area contributed by atoms with E-state index in [-0.39, 0.29) is 17.4 Å². The van der Waals surface area contributed by atoms with Crippen LogP contribution in [0.1, 0.15) is 27.2 Å². The van der Waals surface area contributed by atoms with E-state index in [2.05, 4.69) is 0 Å². The van der Waals surface area contributed by atoms with Crippen molar-refractivity contribution in [1.82, 2.24) is 4.90 Å². The molecule has 0 unspecified atom stereocenters. The van der Waals surface area contributed by atoms with E-state index in [0.29, 0.717) is 16.3 Å². The summed E-state index contributed by atoms with van der Waals surface area (Å²) in [6.45, 7) is 6.53. The smallest absolute Gasteiger partial charge is 0.253 e. The summed E-state index contributed by atoms with van der Waals surface area (Å²) in [7, 11) is 0.421. The molecular formula is C11H17NO3Si. The van der Waals surface area contributed by atoms with Crippen LogP contribution in [0.3, 0.4) is 0 Å². The van der Waals surface area contributed by atoms with Crippen LogP contribution in [0.15, 0.2) is 12.2 Å². The van der Waals surface area contributed by atoms with Gasteiger partial charge in [0.1, 0.15) is 0 Å². The molecule has 0 spiro atoms. The van der Waals surface area contributed by atoms with Gasteiger partial charge in [0, 0.05) is 24.3 Å². The van der Waals surface area contributed by atoms with Crippen LogP contribution >= 0.6 is 0 Å². The van der Waals surface area contributed by atoms with Crippen LogP contribution in [0.4, 0.5) is 0 Å². The Morgan fingerprint density at radius 1 is 1.25 bits per heavy atom. The predicted octanol–water partition coefficient (Wildman–Crippen LogP) is 1.15. The Kier molecular flexibility index (Phi) is 4.43. The molecule has 0 aromatic carbocycles. The Labute approximate surface area is 98.6 Å². The highest BCUT2D eigenvalue weighted by atomic mass is 28.2. The van der Waals surface area contributed by atoms with Gasteiger partial charge in [-0.2, -0.15) is 0 Å². The fourth-order valence-electron chi connectivity index (χ4n) is 1.23. The lowest BCUT2D eigenvalue weighted by molar-refractivity contribution is -0.136. The molecule has 0 saturated heterocycles. The average molecular weight is 239 g/mol. The van der Waals surface area contributed by atoms with Crippen molar-refractivity contribution >= 4 is 21.6 Å². The van der Waals surface area contributed by atoms with E-state index in [0.717, 1.165) is 12.5 Å². The molecule has 0 N–H and O–H groups in total. The number of carbonyl (C=O) groups is 2. The number of hydrogen-bond acceptors (Lipinski definition) is 3. The molecular weight excluding hydrogens is 222 g/mol. The van der Waals surface area contributed by atoms with Gasteiger partial charge in [-0.05, 0) is 33.2 Å². The first kappa shape index (κ1) is 13.1. The van der Waals surface area contributed by atoms with Gasteiger partial charge >= 0.3 is 0 Å². The normalized spacial score (nSPS) is 16.3. The lowest BCUT2D eigenvalue weighted by Crippen LogP contribution is -2.31. The third-order valence-corrected chi connectivity index (χ3v) is 3.25. The summed E-state index contributed by atoms with van der Waals surface area (Å²) >= 11 is 0. The second kappa shape index (κ2) is 5.40. The first-order valence-corrected chi connectivity index (χ1v) is 6.46. The summed E-state index contributed by atoms with van der Waals surface area (Å²) in [5.41, 5.74) is -0.112. The summed E-state index contributed by atoms with van der Waals surface area (Å²) in [4.78, 5) is 23.7. The molecule has 0 saturated carbocycles. The molecule has 0 aliphatic carbocycles. The molecule has 5 heteroatoms. The monoisotopic (exact) mass is 239 g/mol. The fraction of sp³-hybridized carbons (Fsp3) is 0.636. The second-order valence-electron chi connectivity index (χ2n) is 4.62. The molecule has 2 radical (unpaired) electrons. The predicted molar refractivity (Wildman–Crippen MR) is 61.9 cm³/mol. The maximum Gasteiger partial charge on any atom is 0.253 e. The fourth-order valence-corrected chi connectivity index (χ4v) is 2.07. The molecule has 0 aromatic heterocycles. The van der Waals surface area contributed by atoms with Crippen molar-refractivity contribution in [3.63, 3.8) is 0 Å². The zero-order chi connectivity index (χ0) is 12.2. The lowest BCUT2D eigenvalue weighted by atomic mass is 10.2. The van der Waals surface area contributed by atoms with Crippen LogP contribution in [0, 0.1) is 0 Å². The number of carbonyl (C=O) groups excluding carboxylic acids is 2. The van der Waals surface area contributed by atoms with Crippen molar-refractivity contribution in [2.75, 3.05) is 6.54 Å². The quantitative estimate of drug-likeness (QED) is 0.411. The zero-order valence-electron chi connectivity index (χ0n) is 9.95.